The largest absolute Gasteiger partial charge is 0.356 e. The fraction of sp³-hybridized carbons (Fsp3) is 0.208. The molecule has 9 heteroatoms. The van der Waals surface area contributed by atoms with E-state index in [1.807, 2.05) is 19.9 Å². The van der Waals surface area contributed by atoms with Gasteiger partial charge in [0.15, 0.2) is 21.4 Å². The van der Waals surface area contributed by atoms with Crippen LogP contribution in [0.4, 0.5) is 5.69 Å². The highest BCUT2D eigenvalue weighted by atomic mass is 32.2. The van der Waals surface area contributed by atoms with Gasteiger partial charge in [0.2, 0.25) is 5.91 Å². The first-order valence-electron chi connectivity index (χ1n) is 10.3. The lowest BCUT2D eigenvalue weighted by Gasteiger charge is -2.10. The topological polar surface area (TPSA) is 115 Å². The number of benzene rings is 2. The van der Waals surface area contributed by atoms with Gasteiger partial charge in [-0.1, -0.05) is 34.6 Å². The normalized spacial score (nSPS) is 11.5. The molecule has 2 aromatic carbocycles. The molecule has 8 nitrogen and oxygen atoms in total. The maximum atomic E-state index is 13.0. The molecule has 4 rings (SSSR count). The number of nitrogens with one attached hydrogen (secondary N) is 1. The zero-order valence-corrected chi connectivity index (χ0v) is 19.3. The van der Waals surface area contributed by atoms with Crippen LogP contribution >= 0.6 is 0 Å². The second-order valence-corrected chi connectivity index (χ2v) is 9.85. The van der Waals surface area contributed by atoms with E-state index in [1.54, 1.807) is 49.4 Å². The highest BCUT2D eigenvalue weighted by Gasteiger charge is 2.21. The maximum absolute atomic E-state index is 13.0. The van der Waals surface area contributed by atoms with Gasteiger partial charge in [-0.05, 0) is 44.5 Å². The molecule has 0 aliphatic heterocycles. The van der Waals surface area contributed by atoms with E-state index >= 15 is 0 Å². The molecule has 4 aromatic rings. The average molecular weight is 466 g/mol. The summed E-state index contributed by atoms with van der Waals surface area (Å²) in [6.07, 6.45) is 1.35. The van der Waals surface area contributed by atoms with E-state index in [0.29, 0.717) is 28.3 Å². The first-order valence-corrected chi connectivity index (χ1v) is 12.0. The molecule has 1 N–H and O–H groups in total. The number of rotatable bonds is 7. The first kappa shape index (κ1) is 22.5. The van der Waals surface area contributed by atoms with Crippen LogP contribution in [0.2, 0.25) is 0 Å². The molecule has 1 amide bonds. The summed E-state index contributed by atoms with van der Waals surface area (Å²) in [6.45, 7) is 5.43. The zero-order valence-electron chi connectivity index (χ0n) is 18.5. The summed E-state index contributed by atoms with van der Waals surface area (Å²) in [4.78, 5) is 12.6. The minimum atomic E-state index is -3.70. The molecule has 0 radical (unpaired) electrons. The van der Waals surface area contributed by atoms with Gasteiger partial charge < -0.3 is 14.4 Å². The minimum absolute atomic E-state index is 0.175. The van der Waals surface area contributed by atoms with Crippen LogP contribution in [0.5, 0.6) is 0 Å². The van der Waals surface area contributed by atoms with E-state index in [9.17, 15) is 13.2 Å². The number of carbonyl (C=O) groups is 1. The molecule has 170 valence electrons. The third kappa shape index (κ3) is 4.88. The molecule has 0 atom stereocenters. The lowest BCUT2D eigenvalue weighted by molar-refractivity contribution is -0.115. The quantitative estimate of drug-likeness (QED) is 0.420. The van der Waals surface area contributed by atoms with Crippen molar-refractivity contribution < 1.29 is 22.3 Å². The van der Waals surface area contributed by atoms with Crippen molar-refractivity contribution in [1.82, 2.24) is 10.3 Å². The number of aromatic nitrogens is 2. The smallest absolute Gasteiger partial charge is 0.225 e. The Bertz CT molecular complexity index is 1410. The lowest BCUT2D eigenvalue weighted by Crippen LogP contribution is -2.18. The molecule has 2 heterocycles. The van der Waals surface area contributed by atoms with Gasteiger partial charge >= 0.3 is 0 Å². The first-order chi connectivity index (χ1) is 15.7. The summed E-state index contributed by atoms with van der Waals surface area (Å²) in [6, 6.07) is 13.9. The van der Waals surface area contributed by atoms with E-state index in [2.05, 4.69) is 15.6 Å². The fourth-order valence-corrected chi connectivity index (χ4v) is 4.98. The summed E-state index contributed by atoms with van der Waals surface area (Å²) in [5.41, 5.74) is 4.14. The van der Waals surface area contributed by atoms with Crippen LogP contribution in [0.1, 0.15) is 23.2 Å². The number of sulfone groups is 1. The maximum Gasteiger partial charge on any atom is 0.225 e. The van der Waals surface area contributed by atoms with Gasteiger partial charge in [0.25, 0.3) is 0 Å². The van der Waals surface area contributed by atoms with Crippen molar-refractivity contribution in [2.75, 3.05) is 11.1 Å². The summed E-state index contributed by atoms with van der Waals surface area (Å²) in [5.74, 6) is 0.387. The van der Waals surface area contributed by atoms with Crippen molar-refractivity contribution >= 4 is 21.4 Å². The molecule has 33 heavy (non-hydrogen) atoms. The van der Waals surface area contributed by atoms with Crippen LogP contribution in [-0.2, 0) is 14.6 Å². The Labute approximate surface area is 191 Å². The Morgan fingerprint density at radius 3 is 2.52 bits per heavy atom. The molecule has 2 aromatic heterocycles. The number of aryl methyl sites for hydroxylation is 2. The van der Waals surface area contributed by atoms with Gasteiger partial charge in [0.05, 0.1) is 22.5 Å². The monoisotopic (exact) mass is 465 g/mol. The van der Waals surface area contributed by atoms with Crippen molar-refractivity contribution in [2.45, 2.75) is 32.1 Å². The van der Waals surface area contributed by atoms with E-state index < -0.39 is 15.7 Å². The predicted octanol–water partition coefficient (Wildman–Crippen LogP) is 4.72. The van der Waals surface area contributed by atoms with Gasteiger partial charge in [-0.15, -0.1) is 0 Å². The van der Waals surface area contributed by atoms with Crippen molar-refractivity contribution in [3.05, 3.63) is 71.5 Å². The average Bonchev–Trinajstić information content (AvgIpc) is 3.44. The molecule has 0 aliphatic carbocycles. The van der Waals surface area contributed by atoms with Crippen molar-refractivity contribution in [3.8, 4) is 22.6 Å². The van der Waals surface area contributed by atoms with Crippen LogP contribution in [0.3, 0.4) is 0 Å². The predicted molar refractivity (Wildman–Crippen MR) is 123 cm³/mol. The Morgan fingerprint density at radius 1 is 1.00 bits per heavy atom. The Hall–Kier alpha value is -3.72. The van der Waals surface area contributed by atoms with E-state index in [4.69, 9.17) is 9.05 Å². The summed E-state index contributed by atoms with van der Waals surface area (Å²) in [7, 11) is -3.70. The molecular weight excluding hydrogens is 442 g/mol. The second-order valence-electron chi connectivity index (χ2n) is 7.78. The number of nitrogens with zero attached hydrogens (tertiary/aromatic N) is 2. The van der Waals surface area contributed by atoms with Crippen molar-refractivity contribution in [2.24, 2.45) is 0 Å². The van der Waals surface area contributed by atoms with Crippen molar-refractivity contribution in [1.29, 1.82) is 0 Å². The zero-order chi connectivity index (χ0) is 23.6. The highest BCUT2D eigenvalue weighted by molar-refractivity contribution is 7.91. The molecule has 0 saturated heterocycles. The Balaban J connectivity index is 1.47. The van der Waals surface area contributed by atoms with Gasteiger partial charge in [-0.2, -0.15) is 0 Å². The second kappa shape index (κ2) is 9.03. The van der Waals surface area contributed by atoms with Crippen LogP contribution < -0.4 is 5.32 Å². The van der Waals surface area contributed by atoms with Crippen LogP contribution in [0.15, 0.2) is 68.7 Å². The number of amides is 1. The lowest BCUT2D eigenvalue weighted by atomic mass is 10.1. The van der Waals surface area contributed by atoms with Crippen LogP contribution in [0.25, 0.3) is 22.6 Å². The van der Waals surface area contributed by atoms with Crippen molar-refractivity contribution in [3.63, 3.8) is 0 Å². The molecule has 0 fully saturated rings. The molecule has 0 saturated carbocycles. The molecular formula is C24H23N3O5S. The van der Waals surface area contributed by atoms with Gasteiger partial charge in [0, 0.05) is 34.9 Å². The summed E-state index contributed by atoms with van der Waals surface area (Å²) in [5, 5.41) is 10.4. The fourth-order valence-electron chi connectivity index (χ4n) is 3.44. The number of carbonyl (C=O) groups excluding carboxylic acids is 1. The van der Waals surface area contributed by atoms with E-state index in [1.165, 1.54) is 6.20 Å². The van der Waals surface area contributed by atoms with Crippen LogP contribution in [-0.4, -0.2) is 30.4 Å². The van der Waals surface area contributed by atoms with E-state index in [0.717, 1.165) is 16.8 Å². The Kier molecular flexibility index (Phi) is 6.15. The molecule has 0 unspecified atom stereocenters. The number of hydrogen-bond acceptors (Lipinski definition) is 7. The van der Waals surface area contributed by atoms with Crippen LogP contribution in [0, 0.1) is 20.8 Å². The highest BCUT2D eigenvalue weighted by Crippen LogP contribution is 2.29. The molecule has 0 bridgehead atoms. The standard InChI is InChI=1S/C24H23N3O5S/c1-15-7-8-19(24-16(2)17(3)27-32-24)14-22(15)33(29,30)12-10-23(28)26-20-6-4-5-18(13-20)21-9-11-25-31-21/h4-9,11,13-14H,10,12H2,1-3H3,(H,26,28). The SMILES string of the molecule is Cc1ccc(-c2onc(C)c2C)cc1S(=O)(=O)CCC(=O)Nc1cccc(-c2ccno2)c1. The third-order valence-electron chi connectivity index (χ3n) is 5.41. The van der Waals surface area contributed by atoms with Gasteiger partial charge in [0.1, 0.15) is 0 Å². The van der Waals surface area contributed by atoms with Gasteiger partial charge in [-0.25, -0.2) is 8.42 Å². The number of anilines is 1. The third-order valence-corrected chi connectivity index (χ3v) is 7.26. The summed E-state index contributed by atoms with van der Waals surface area (Å²) < 4.78 is 36.6. The summed E-state index contributed by atoms with van der Waals surface area (Å²) >= 11 is 0. The Morgan fingerprint density at radius 2 is 1.82 bits per heavy atom. The molecule has 0 spiro atoms. The van der Waals surface area contributed by atoms with E-state index in [-0.39, 0.29) is 17.1 Å². The van der Waals surface area contributed by atoms with Gasteiger partial charge in [-0.3, -0.25) is 4.79 Å². The molecule has 0 aliphatic rings. The number of hydrogen-bond donors (Lipinski definition) is 1. The minimum Gasteiger partial charge on any atom is -0.356 e.